The van der Waals surface area contributed by atoms with E-state index in [-0.39, 0.29) is 6.10 Å². The third-order valence-electron chi connectivity index (χ3n) is 6.31. The monoisotopic (exact) mass is 389 g/mol. The summed E-state index contributed by atoms with van der Waals surface area (Å²) >= 11 is 0. The number of fused-ring (bicyclic) bond motifs is 4. The van der Waals surface area contributed by atoms with E-state index in [1.165, 1.54) is 23.3 Å². The van der Waals surface area contributed by atoms with Gasteiger partial charge in [0.1, 0.15) is 6.10 Å². The van der Waals surface area contributed by atoms with Crippen molar-refractivity contribution in [1.29, 1.82) is 0 Å². The molecule has 1 saturated heterocycles. The Kier molecular flexibility index (Phi) is 4.25. The fraction of sp³-hybridized carbons (Fsp3) is 0.500. The zero-order chi connectivity index (χ0) is 19.4. The molecule has 1 fully saturated rings. The smallest absolute Gasteiger partial charge is 0.381 e. The van der Waals surface area contributed by atoms with Gasteiger partial charge in [-0.25, -0.2) is 0 Å². The van der Waals surface area contributed by atoms with E-state index >= 15 is 0 Å². The molecule has 0 radical (unpaired) electrons. The largest absolute Gasteiger partial charge is 0.416 e. The minimum absolute atomic E-state index is 0.380. The number of ether oxygens (including phenoxy) is 2. The number of rotatable bonds is 1. The van der Waals surface area contributed by atoms with Crippen molar-refractivity contribution in [3.8, 4) is 0 Å². The molecule has 2 aromatic rings. The Balaban J connectivity index is 1.61. The second-order valence-corrected chi connectivity index (χ2v) is 7.95. The number of benzene rings is 1. The highest BCUT2D eigenvalue weighted by molar-refractivity contribution is 5.49. The van der Waals surface area contributed by atoms with Gasteiger partial charge in [0, 0.05) is 43.5 Å². The van der Waals surface area contributed by atoms with Gasteiger partial charge in [-0.15, -0.1) is 0 Å². The summed E-state index contributed by atoms with van der Waals surface area (Å²) in [4.78, 5) is 4.71. The molecule has 0 N–H and O–H groups in total. The molecular weight excluding hydrogens is 367 g/mol. The Bertz CT molecular complexity index is 886. The Hall–Kier alpha value is -1.92. The van der Waals surface area contributed by atoms with E-state index in [9.17, 15) is 13.2 Å². The van der Waals surface area contributed by atoms with Crippen LogP contribution in [0, 0.1) is 0 Å². The van der Waals surface area contributed by atoms with Crippen LogP contribution in [-0.4, -0.2) is 18.2 Å². The third-order valence-corrected chi connectivity index (χ3v) is 6.31. The maximum atomic E-state index is 13.0. The zero-order valence-corrected chi connectivity index (χ0v) is 15.5. The predicted molar refractivity (Wildman–Crippen MR) is 97.0 cm³/mol. The van der Waals surface area contributed by atoms with Gasteiger partial charge >= 0.3 is 6.18 Å². The number of nitrogens with zero attached hydrogens (tertiary/aromatic N) is 1. The van der Waals surface area contributed by atoms with Crippen molar-refractivity contribution in [1.82, 2.24) is 4.98 Å². The highest BCUT2D eigenvalue weighted by atomic mass is 19.4. The third kappa shape index (κ3) is 2.85. The second kappa shape index (κ2) is 6.56. The summed E-state index contributed by atoms with van der Waals surface area (Å²) in [5.41, 5.74) is 4.42. The van der Waals surface area contributed by atoms with Gasteiger partial charge in [-0.2, -0.15) is 13.2 Å². The molecule has 0 amide bonds. The molecule has 1 aromatic carbocycles. The molecule has 2 aliphatic heterocycles. The quantitative estimate of drug-likeness (QED) is 0.680. The number of alkyl halides is 3. The van der Waals surface area contributed by atoms with Crippen LogP contribution in [0.15, 0.2) is 30.5 Å². The maximum absolute atomic E-state index is 13.0. The minimum atomic E-state index is -4.34. The molecule has 148 valence electrons. The van der Waals surface area contributed by atoms with Crippen LogP contribution >= 0.6 is 0 Å². The number of hydrogen-bond acceptors (Lipinski definition) is 3. The van der Waals surface area contributed by atoms with Crippen LogP contribution in [0.2, 0.25) is 0 Å². The molecule has 3 aliphatic rings. The molecule has 1 aliphatic carbocycles. The van der Waals surface area contributed by atoms with Crippen molar-refractivity contribution in [2.24, 2.45) is 0 Å². The molecule has 1 aromatic heterocycles. The molecule has 1 spiro atoms. The van der Waals surface area contributed by atoms with Gasteiger partial charge in [0.15, 0.2) is 0 Å². The van der Waals surface area contributed by atoms with Crippen molar-refractivity contribution in [2.75, 3.05) is 13.2 Å². The summed E-state index contributed by atoms with van der Waals surface area (Å²) in [7, 11) is 0. The number of hydrogen-bond donors (Lipinski definition) is 0. The maximum Gasteiger partial charge on any atom is 0.416 e. The molecular formula is C22H22F3NO2. The van der Waals surface area contributed by atoms with E-state index in [1.807, 2.05) is 6.20 Å². The number of aryl methyl sites for hydroxylation is 1. The molecule has 3 nitrogen and oxygen atoms in total. The van der Waals surface area contributed by atoms with Crippen LogP contribution < -0.4 is 0 Å². The van der Waals surface area contributed by atoms with E-state index in [4.69, 9.17) is 14.5 Å². The van der Waals surface area contributed by atoms with Crippen molar-refractivity contribution in [2.45, 2.75) is 56.4 Å². The fourth-order valence-electron chi connectivity index (χ4n) is 4.94. The lowest BCUT2D eigenvalue weighted by Gasteiger charge is -2.36. The molecule has 5 rings (SSSR count). The van der Waals surface area contributed by atoms with Gasteiger partial charge in [-0.1, -0.05) is 12.1 Å². The second-order valence-electron chi connectivity index (χ2n) is 7.95. The first-order valence-corrected chi connectivity index (χ1v) is 9.92. The molecule has 28 heavy (non-hydrogen) atoms. The number of pyridine rings is 1. The molecule has 6 heteroatoms. The molecule has 1 atom stereocenters. The van der Waals surface area contributed by atoms with Gasteiger partial charge in [0.2, 0.25) is 0 Å². The summed E-state index contributed by atoms with van der Waals surface area (Å²) in [5.74, 6) is 0. The average Bonchev–Trinajstić information content (AvgIpc) is 3.02. The van der Waals surface area contributed by atoms with Crippen LogP contribution in [0.5, 0.6) is 0 Å². The molecule has 3 heterocycles. The van der Waals surface area contributed by atoms with Crippen LogP contribution in [0.1, 0.15) is 65.3 Å². The van der Waals surface area contributed by atoms with Crippen LogP contribution in [0.25, 0.3) is 0 Å². The predicted octanol–water partition coefficient (Wildman–Crippen LogP) is 5.10. The SMILES string of the molecule is FC(F)(F)c1ccc(C2OC3(CCOCC3)c3c2cnc2c3CCCC2)cc1. The van der Waals surface area contributed by atoms with Crippen LogP contribution in [0.3, 0.4) is 0 Å². The number of halogens is 3. The minimum Gasteiger partial charge on any atom is -0.381 e. The van der Waals surface area contributed by atoms with E-state index in [1.54, 1.807) is 0 Å². The summed E-state index contributed by atoms with van der Waals surface area (Å²) in [6.45, 7) is 1.27. The van der Waals surface area contributed by atoms with Gasteiger partial charge in [0.25, 0.3) is 0 Å². The van der Waals surface area contributed by atoms with Gasteiger partial charge < -0.3 is 9.47 Å². The highest BCUT2D eigenvalue weighted by Crippen LogP contribution is 2.53. The number of aromatic nitrogens is 1. The first kappa shape index (κ1) is 18.1. The van der Waals surface area contributed by atoms with Crippen molar-refractivity contribution >= 4 is 0 Å². The van der Waals surface area contributed by atoms with E-state index < -0.39 is 17.3 Å². The molecule has 0 saturated carbocycles. The molecule has 1 unspecified atom stereocenters. The fourth-order valence-corrected chi connectivity index (χ4v) is 4.94. The Morgan fingerprint density at radius 1 is 1.00 bits per heavy atom. The summed E-state index contributed by atoms with van der Waals surface area (Å²) in [6, 6.07) is 5.35. The van der Waals surface area contributed by atoms with Gasteiger partial charge in [-0.05, 0) is 54.5 Å². The lowest BCUT2D eigenvalue weighted by Crippen LogP contribution is -2.35. The topological polar surface area (TPSA) is 31.4 Å². The van der Waals surface area contributed by atoms with Crippen LogP contribution in [-0.2, 0) is 34.1 Å². The normalized spacial score (nSPS) is 23.5. The lowest BCUT2D eigenvalue weighted by molar-refractivity contribution is -0.137. The van der Waals surface area contributed by atoms with Gasteiger partial charge in [-0.3, -0.25) is 4.98 Å². The Morgan fingerprint density at radius 3 is 2.43 bits per heavy atom. The van der Waals surface area contributed by atoms with Crippen molar-refractivity contribution < 1.29 is 22.6 Å². The van der Waals surface area contributed by atoms with Gasteiger partial charge in [0.05, 0.1) is 11.2 Å². The Labute approximate surface area is 161 Å². The van der Waals surface area contributed by atoms with Crippen LogP contribution in [0.4, 0.5) is 13.2 Å². The zero-order valence-electron chi connectivity index (χ0n) is 15.5. The summed E-state index contributed by atoms with van der Waals surface area (Å²) in [5, 5.41) is 0. The van der Waals surface area contributed by atoms with E-state index in [0.717, 1.165) is 67.5 Å². The Morgan fingerprint density at radius 2 is 1.71 bits per heavy atom. The molecule has 0 bridgehead atoms. The summed E-state index contributed by atoms with van der Waals surface area (Å²) in [6.07, 6.45) is 3.00. The average molecular weight is 389 g/mol. The van der Waals surface area contributed by atoms with Crippen molar-refractivity contribution in [3.63, 3.8) is 0 Å². The lowest BCUT2D eigenvalue weighted by atomic mass is 9.79. The first-order chi connectivity index (χ1) is 13.5. The first-order valence-electron chi connectivity index (χ1n) is 9.92. The van der Waals surface area contributed by atoms with E-state index in [2.05, 4.69) is 0 Å². The summed E-state index contributed by atoms with van der Waals surface area (Å²) < 4.78 is 51.1. The van der Waals surface area contributed by atoms with Crippen molar-refractivity contribution in [3.05, 3.63) is 64.0 Å². The highest BCUT2D eigenvalue weighted by Gasteiger charge is 2.48. The van der Waals surface area contributed by atoms with E-state index in [0.29, 0.717) is 13.2 Å². The standard InChI is InChI=1S/C22H22F3NO2/c23-22(24,25)15-7-5-14(6-8-15)20-17-13-26-18-4-2-1-3-16(18)19(17)21(28-20)9-11-27-12-10-21/h5-8,13,20H,1-4,9-12H2.